The summed E-state index contributed by atoms with van der Waals surface area (Å²) in [6.45, 7) is 8.30. The Kier molecular flexibility index (Phi) is 5.53. The summed E-state index contributed by atoms with van der Waals surface area (Å²) in [4.78, 5) is 2.47. The van der Waals surface area contributed by atoms with E-state index in [9.17, 15) is 0 Å². The predicted molar refractivity (Wildman–Crippen MR) is 65.7 cm³/mol. The highest BCUT2D eigenvalue weighted by Crippen LogP contribution is 2.21. The van der Waals surface area contributed by atoms with Crippen molar-refractivity contribution in [2.75, 3.05) is 38.7 Å². The van der Waals surface area contributed by atoms with Gasteiger partial charge in [0.2, 0.25) is 0 Å². The maximum absolute atomic E-state index is 5.94. The molecule has 1 fully saturated rings. The van der Waals surface area contributed by atoms with Crippen LogP contribution in [-0.2, 0) is 9.47 Å². The van der Waals surface area contributed by atoms with E-state index in [1.807, 2.05) is 0 Å². The molecule has 1 aliphatic rings. The number of rotatable bonds is 5. The smallest absolute Gasteiger partial charge is 0.0806 e. The molecule has 0 N–H and O–H groups in total. The number of hydrogen-bond donors (Lipinski definition) is 0. The van der Waals surface area contributed by atoms with Gasteiger partial charge in [-0.1, -0.05) is 15.9 Å². The highest BCUT2D eigenvalue weighted by atomic mass is 79.9. The molecule has 4 heteroatoms. The van der Waals surface area contributed by atoms with Crippen molar-refractivity contribution in [2.45, 2.75) is 32.0 Å². The van der Waals surface area contributed by atoms with Gasteiger partial charge < -0.3 is 9.47 Å². The van der Waals surface area contributed by atoms with E-state index in [4.69, 9.17) is 9.47 Å². The highest BCUT2D eigenvalue weighted by Gasteiger charge is 2.32. The van der Waals surface area contributed by atoms with Gasteiger partial charge in [0, 0.05) is 38.7 Å². The fourth-order valence-electron chi connectivity index (χ4n) is 2.10. The second-order valence-corrected chi connectivity index (χ2v) is 5.38. The van der Waals surface area contributed by atoms with Crippen molar-refractivity contribution in [3.63, 3.8) is 0 Å². The van der Waals surface area contributed by atoms with E-state index in [0.717, 1.165) is 38.0 Å². The number of methoxy groups -OCH3 is 1. The Morgan fingerprint density at radius 2 is 2.27 bits per heavy atom. The molecule has 0 aliphatic carbocycles. The third-order valence-corrected chi connectivity index (χ3v) is 3.27. The van der Waals surface area contributed by atoms with Crippen LogP contribution in [0.4, 0.5) is 0 Å². The third kappa shape index (κ3) is 4.81. The van der Waals surface area contributed by atoms with Gasteiger partial charge in [-0.3, -0.25) is 4.90 Å². The lowest BCUT2D eigenvalue weighted by Crippen LogP contribution is -2.53. The molecule has 0 bridgehead atoms. The summed E-state index contributed by atoms with van der Waals surface area (Å²) in [5.74, 6) is 0. The normalized spacial score (nSPS) is 26.8. The van der Waals surface area contributed by atoms with Crippen LogP contribution in [0, 0.1) is 0 Å². The number of morpholine rings is 1. The lowest BCUT2D eigenvalue weighted by atomic mass is 10.1. The van der Waals surface area contributed by atoms with Gasteiger partial charge in [-0.05, 0) is 20.3 Å². The van der Waals surface area contributed by atoms with Crippen molar-refractivity contribution < 1.29 is 9.47 Å². The van der Waals surface area contributed by atoms with Gasteiger partial charge in [0.25, 0.3) is 0 Å². The Morgan fingerprint density at radius 3 is 2.87 bits per heavy atom. The average molecular weight is 280 g/mol. The van der Waals surface area contributed by atoms with Gasteiger partial charge in [-0.2, -0.15) is 0 Å². The molecule has 1 rings (SSSR count). The number of hydrogen-bond acceptors (Lipinski definition) is 3. The van der Waals surface area contributed by atoms with Crippen LogP contribution in [0.15, 0.2) is 0 Å². The molecule has 3 nitrogen and oxygen atoms in total. The monoisotopic (exact) mass is 279 g/mol. The minimum Gasteiger partial charge on any atom is -0.385 e. The van der Waals surface area contributed by atoms with Crippen molar-refractivity contribution >= 4 is 15.9 Å². The summed E-state index contributed by atoms with van der Waals surface area (Å²) < 4.78 is 11.0. The van der Waals surface area contributed by atoms with Gasteiger partial charge in [0.1, 0.15) is 0 Å². The minimum absolute atomic E-state index is 0.0240. The molecule has 1 atom stereocenters. The summed E-state index contributed by atoms with van der Waals surface area (Å²) in [5, 5.41) is 0.914. The van der Waals surface area contributed by atoms with Crippen LogP contribution in [0.3, 0.4) is 0 Å². The van der Waals surface area contributed by atoms with E-state index in [2.05, 4.69) is 34.7 Å². The summed E-state index contributed by atoms with van der Waals surface area (Å²) >= 11 is 3.50. The Bertz CT molecular complexity index is 187. The first-order chi connectivity index (χ1) is 7.07. The molecule has 1 saturated heterocycles. The lowest BCUT2D eigenvalue weighted by molar-refractivity contribution is -0.127. The largest absolute Gasteiger partial charge is 0.385 e. The van der Waals surface area contributed by atoms with Crippen molar-refractivity contribution in [3.8, 4) is 0 Å². The van der Waals surface area contributed by atoms with Crippen molar-refractivity contribution in [1.82, 2.24) is 4.90 Å². The number of halogens is 1. The van der Waals surface area contributed by atoms with E-state index in [1.165, 1.54) is 0 Å². The number of nitrogens with zero attached hydrogens (tertiary/aromatic N) is 1. The first-order valence-corrected chi connectivity index (χ1v) is 6.64. The van der Waals surface area contributed by atoms with Gasteiger partial charge in [0.15, 0.2) is 0 Å². The van der Waals surface area contributed by atoms with Crippen LogP contribution < -0.4 is 0 Å². The Balaban J connectivity index is 2.36. The fraction of sp³-hybridized carbons (Fsp3) is 1.00. The lowest BCUT2D eigenvalue weighted by Gasteiger charge is -2.42. The summed E-state index contributed by atoms with van der Waals surface area (Å²) in [6, 6.07) is 0. The molecule has 0 aromatic rings. The molecule has 0 aromatic carbocycles. The SMILES string of the molecule is COCCCN1CC(CBr)OC(C)(C)C1. The zero-order valence-corrected chi connectivity index (χ0v) is 11.5. The van der Waals surface area contributed by atoms with Gasteiger partial charge in [-0.25, -0.2) is 0 Å². The molecule has 0 aromatic heterocycles. The summed E-state index contributed by atoms with van der Waals surface area (Å²) in [5.41, 5.74) is -0.0240. The van der Waals surface area contributed by atoms with Crippen molar-refractivity contribution in [1.29, 1.82) is 0 Å². The van der Waals surface area contributed by atoms with Crippen LogP contribution in [0.25, 0.3) is 0 Å². The van der Waals surface area contributed by atoms with E-state index in [0.29, 0.717) is 6.10 Å². The zero-order chi connectivity index (χ0) is 11.3. The molecule has 1 heterocycles. The minimum atomic E-state index is -0.0240. The second-order valence-electron chi connectivity index (χ2n) is 4.74. The Hall–Kier alpha value is 0.360. The maximum atomic E-state index is 5.94. The molecule has 0 radical (unpaired) electrons. The molecule has 1 aliphatic heterocycles. The van der Waals surface area contributed by atoms with Gasteiger partial charge in [-0.15, -0.1) is 0 Å². The van der Waals surface area contributed by atoms with E-state index in [-0.39, 0.29) is 5.60 Å². The fourth-order valence-corrected chi connectivity index (χ4v) is 2.44. The quantitative estimate of drug-likeness (QED) is 0.567. The first kappa shape index (κ1) is 13.4. The van der Waals surface area contributed by atoms with Crippen LogP contribution in [0.5, 0.6) is 0 Å². The Labute approximate surface area is 101 Å². The third-order valence-electron chi connectivity index (χ3n) is 2.55. The van der Waals surface area contributed by atoms with Gasteiger partial charge in [0.05, 0.1) is 11.7 Å². The maximum Gasteiger partial charge on any atom is 0.0806 e. The van der Waals surface area contributed by atoms with Crippen LogP contribution in [-0.4, -0.2) is 55.3 Å². The molecule has 1 unspecified atom stereocenters. The van der Waals surface area contributed by atoms with Crippen molar-refractivity contribution in [2.24, 2.45) is 0 Å². The first-order valence-electron chi connectivity index (χ1n) is 5.52. The van der Waals surface area contributed by atoms with Gasteiger partial charge >= 0.3 is 0 Å². The number of ether oxygens (including phenoxy) is 2. The van der Waals surface area contributed by atoms with Crippen molar-refractivity contribution in [3.05, 3.63) is 0 Å². The van der Waals surface area contributed by atoms with E-state index >= 15 is 0 Å². The van der Waals surface area contributed by atoms with E-state index < -0.39 is 0 Å². The van der Waals surface area contributed by atoms with Crippen LogP contribution in [0.1, 0.15) is 20.3 Å². The van der Waals surface area contributed by atoms with E-state index in [1.54, 1.807) is 7.11 Å². The Morgan fingerprint density at radius 1 is 1.53 bits per heavy atom. The standard InChI is InChI=1S/C11H22BrNO2/c1-11(2)9-13(5-4-6-14-3)8-10(7-12)15-11/h10H,4-9H2,1-3H3. The zero-order valence-electron chi connectivity index (χ0n) is 9.96. The van der Waals surface area contributed by atoms with Crippen LogP contribution in [0.2, 0.25) is 0 Å². The summed E-state index contributed by atoms with van der Waals surface area (Å²) in [7, 11) is 1.75. The molecule has 0 spiro atoms. The average Bonchev–Trinajstić information content (AvgIpc) is 2.16. The predicted octanol–water partition coefficient (Wildman–Crippen LogP) is 1.90. The summed E-state index contributed by atoms with van der Waals surface area (Å²) in [6.07, 6.45) is 1.41. The molecular weight excluding hydrogens is 258 g/mol. The molecule has 90 valence electrons. The van der Waals surface area contributed by atoms with Crippen LogP contribution >= 0.6 is 15.9 Å². The number of alkyl halides is 1. The highest BCUT2D eigenvalue weighted by molar-refractivity contribution is 9.09. The molecule has 0 saturated carbocycles. The second kappa shape index (κ2) is 6.18. The molecule has 15 heavy (non-hydrogen) atoms. The molecular formula is C11H22BrNO2. The molecule has 0 amide bonds. The topological polar surface area (TPSA) is 21.7 Å².